The highest BCUT2D eigenvalue weighted by atomic mass is 16.5. The number of ketones is 1. The lowest BCUT2D eigenvalue weighted by Crippen LogP contribution is -2.35. The van der Waals surface area contributed by atoms with Crippen LogP contribution in [0.25, 0.3) is 5.76 Å². The quantitative estimate of drug-likeness (QED) is 0.288. The molecule has 1 unspecified atom stereocenters. The number of carbonyl (C=O) groups is 2. The van der Waals surface area contributed by atoms with E-state index in [2.05, 4.69) is 0 Å². The van der Waals surface area contributed by atoms with E-state index in [4.69, 9.17) is 9.47 Å². The molecule has 0 bridgehead atoms. The third-order valence-electron chi connectivity index (χ3n) is 6.45. The van der Waals surface area contributed by atoms with Gasteiger partial charge in [0, 0.05) is 18.7 Å². The Morgan fingerprint density at radius 3 is 2.36 bits per heavy atom. The van der Waals surface area contributed by atoms with Gasteiger partial charge in [0.15, 0.2) is 0 Å². The lowest BCUT2D eigenvalue weighted by molar-refractivity contribution is -0.140. The molecule has 7 heteroatoms. The van der Waals surface area contributed by atoms with E-state index in [0.29, 0.717) is 25.3 Å². The lowest BCUT2D eigenvalue weighted by Gasteiger charge is -2.27. The second kappa shape index (κ2) is 11.6. The average Bonchev–Trinajstić information content (AvgIpc) is 3.10. The number of aliphatic hydroxyl groups excluding tert-OH is 1. The Morgan fingerprint density at radius 2 is 1.81 bits per heavy atom. The van der Waals surface area contributed by atoms with Crippen molar-refractivity contribution in [3.8, 4) is 11.5 Å². The highest BCUT2D eigenvalue weighted by Crippen LogP contribution is 2.41. The highest BCUT2D eigenvalue weighted by molar-refractivity contribution is 6.46. The van der Waals surface area contributed by atoms with E-state index in [1.807, 2.05) is 83.1 Å². The normalized spacial score (nSPS) is 17.4. The minimum Gasteiger partial charge on any atom is -0.507 e. The molecule has 0 aliphatic carbocycles. The Morgan fingerprint density at radius 1 is 1.14 bits per heavy atom. The van der Waals surface area contributed by atoms with E-state index in [1.54, 1.807) is 12.0 Å². The summed E-state index contributed by atoms with van der Waals surface area (Å²) in [5.41, 5.74) is 3.05. The molecular weight excluding hydrogens is 456 g/mol. The van der Waals surface area contributed by atoms with Crippen molar-refractivity contribution in [3.05, 3.63) is 64.2 Å². The van der Waals surface area contributed by atoms with Crippen molar-refractivity contribution in [3.63, 3.8) is 0 Å². The van der Waals surface area contributed by atoms with Crippen molar-refractivity contribution < 1.29 is 24.2 Å². The van der Waals surface area contributed by atoms with E-state index in [0.717, 1.165) is 34.6 Å². The van der Waals surface area contributed by atoms with Crippen LogP contribution in [0.2, 0.25) is 0 Å². The topological polar surface area (TPSA) is 79.3 Å². The van der Waals surface area contributed by atoms with E-state index < -0.39 is 17.7 Å². The second-order valence-corrected chi connectivity index (χ2v) is 9.78. The first kappa shape index (κ1) is 27.3. The van der Waals surface area contributed by atoms with E-state index in [-0.39, 0.29) is 17.3 Å². The third kappa shape index (κ3) is 5.57. The fourth-order valence-corrected chi connectivity index (χ4v) is 4.46. The molecule has 0 aromatic heterocycles. The summed E-state index contributed by atoms with van der Waals surface area (Å²) in [5.74, 6) is 0.136. The molecular formula is C29H38N2O5. The fourth-order valence-electron chi connectivity index (χ4n) is 4.46. The summed E-state index contributed by atoms with van der Waals surface area (Å²) in [6.07, 6.45) is 0.895. The van der Waals surface area contributed by atoms with Crippen LogP contribution < -0.4 is 9.47 Å². The van der Waals surface area contributed by atoms with Gasteiger partial charge >= 0.3 is 0 Å². The largest absolute Gasteiger partial charge is 0.507 e. The Labute approximate surface area is 214 Å². The van der Waals surface area contributed by atoms with Crippen LogP contribution in [0.3, 0.4) is 0 Å². The van der Waals surface area contributed by atoms with Crippen LogP contribution in [-0.4, -0.2) is 67.5 Å². The SMILES string of the molecule is CCCOc1ccc(C2/C(=C(\O)c3cc(C(C)C)c(OC)cc3C)C(=O)C(=O)N2CCN(C)C)cc1. The summed E-state index contributed by atoms with van der Waals surface area (Å²) < 4.78 is 11.3. The summed E-state index contributed by atoms with van der Waals surface area (Å²) in [5, 5.41) is 11.6. The number of likely N-dealkylation sites (N-methyl/N-ethyl adjacent to an activating group) is 1. The number of likely N-dealkylation sites (tertiary alicyclic amines) is 1. The second-order valence-electron chi connectivity index (χ2n) is 9.78. The van der Waals surface area contributed by atoms with Crippen LogP contribution in [-0.2, 0) is 9.59 Å². The Balaban J connectivity index is 2.17. The molecule has 2 aromatic rings. The molecule has 7 nitrogen and oxygen atoms in total. The predicted octanol–water partition coefficient (Wildman–Crippen LogP) is 4.90. The van der Waals surface area contributed by atoms with Gasteiger partial charge in [0.25, 0.3) is 11.7 Å². The summed E-state index contributed by atoms with van der Waals surface area (Å²) >= 11 is 0. The van der Waals surface area contributed by atoms with E-state index >= 15 is 0 Å². The Kier molecular flexibility index (Phi) is 8.79. The van der Waals surface area contributed by atoms with Gasteiger partial charge in [0.2, 0.25) is 0 Å². The minimum absolute atomic E-state index is 0.101. The number of benzene rings is 2. The van der Waals surface area contributed by atoms with Gasteiger partial charge in [-0.25, -0.2) is 0 Å². The van der Waals surface area contributed by atoms with Crippen molar-refractivity contribution in [2.24, 2.45) is 0 Å². The van der Waals surface area contributed by atoms with Crippen LogP contribution >= 0.6 is 0 Å². The zero-order valence-electron chi connectivity index (χ0n) is 22.4. The van der Waals surface area contributed by atoms with Crippen molar-refractivity contribution in [2.75, 3.05) is 40.9 Å². The number of rotatable bonds is 10. The minimum atomic E-state index is -0.700. The zero-order valence-corrected chi connectivity index (χ0v) is 22.4. The molecule has 1 fully saturated rings. The molecule has 0 saturated carbocycles. The Hall–Kier alpha value is -3.32. The monoisotopic (exact) mass is 494 g/mol. The van der Waals surface area contributed by atoms with Gasteiger partial charge in [-0.15, -0.1) is 0 Å². The van der Waals surface area contributed by atoms with Crippen LogP contribution in [0.15, 0.2) is 42.0 Å². The third-order valence-corrected chi connectivity index (χ3v) is 6.45. The smallest absolute Gasteiger partial charge is 0.295 e. The maximum absolute atomic E-state index is 13.3. The summed E-state index contributed by atoms with van der Waals surface area (Å²) in [4.78, 5) is 30.0. The first-order valence-corrected chi connectivity index (χ1v) is 12.4. The molecule has 194 valence electrons. The number of aryl methyl sites for hydroxylation is 1. The van der Waals surface area contributed by atoms with Crippen LogP contribution in [0.4, 0.5) is 0 Å². The lowest BCUT2D eigenvalue weighted by atomic mass is 9.91. The van der Waals surface area contributed by atoms with Crippen molar-refractivity contribution in [1.29, 1.82) is 0 Å². The van der Waals surface area contributed by atoms with Gasteiger partial charge in [-0.05, 0) is 74.3 Å². The molecule has 1 atom stereocenters. The number of nitrogens with zero attached hydrogens (tertiary/aromatic N) is 2. The van der Waals surface area contributed by atoms with Crippen LogP contribution in [0, 0.1) is 6.92 Å². The molecule has 1 aliphatic heterocycles. The van der Waals surface area contributed by atoms with Crippen molar-refractivity contribution in [1.82, 2.24) is 9.80 Å². The molecule has 0 radical (unpaired) electrons. The average molecular weight is 495 g/mol. The predicted molar refractivity (Wildman–Crippen MR) is 142 cm³/mol. The molecule has 3 rings (SSSR count). The number of amides is 1. The highest BCUT2D eigenvalue weighted by Gasteiger charge is 2.46. The fraction of sp³-hybridized carbons (Fsp3) is 0.448. The van der Waals surface area contributed by atoms with Crippen molar-refractivity contribution in [2.45, 2.75) is 46.1 Å². The van der Waals surface area contributed by atoms with Crippen LogP contribution in [0.5, 0.6) is 11.5 Å². The zero-order chi connectivity index (χ0) is 26.6. The van der Waals surface area contributed by atoms with Gasteiger partial charge in [0.05, 0.1) is 25.3 Å². The van der Waals surface area contributed by atoms with Gasteiger partial charge in [-0.2, -0.15) is 0 Å². The molecule has 1 aliphatic rings. The van der Waals surface area contributed by atoms with Gasteiger partial charge in [0.1, 0.15) is 17.3 Å². The maximum atomic E-state index is 13.3. The summed E-state index contributed by atoms with van der Waals surface area (Å²) in [6, 6.07) is 10.4. The van der Waals surface area contributed by atoms with Crippen LogP contribution in [0.1, 0.15) is 61.4 Å². The van der Waals surface area contributed by atoms with Gasteiger partial charge < -0.3 is 24.4 Å². The molecule has 0 spiro atoms. The number of methoxy groups -OCH3 is 1. The van der Waals surface area contributed by atoms with Gasteiger partial charge in [-0.3, -0.25) is 9.59 Å². The number of aliphatic hydroxyl groups is 1. The van der Waals surface area contributed by atoms with E-state index in [1.165, 1.54) is 0 Å². The number of hydrogen-bond donors (Lipinski definition) is 1. The molecule has 1 N–H and O–H groups in total. The number of Topliss-reactive ketones (excluding diaryl/α,β-unsaturated/α-hetero) is 1. The van der Waals surface area contributed by atoms with Crippen molar-refractivity contribution >= 4 is 17.4 Å². The molecule has 1 heterocycles. The molecule has 1 amide bonds. The number of carbonyl (C=O) groups excluding carboxylic acids is 2. The first-order valence-electron chi connectivity index (χ1n) is 12.4. The maximum Gasteiger partial charge on any atom is 0.295 e. The standard InChI is InChI=1S/C29H38N2O5/c1-8-15-36-21-11-9-20(10-12-21)26-25(28(33)29(34)31(26)14-13-30(5)6)27(32)23-17-22(18(2)3)24(35-7)16-19(23)4/h9-12,16-18,26,32H,8,13-15H2,1-7H3/b27-25+. The van der Waals surface area contributed by atoms with Gasteiger partial charge in [-0.1, -0.05) is 32.9 Å². The first-order chi connectivity index (χ1) is 17.1. The summed E-state index contributed by atoms with van der Waals surface area (Å²) in [6.45, 7) is 9.53. The molecule has 36 heavy (non-hydrogen) atoms. The van der Waals surface area contributed by atoms with E-state index in [9.17, 15) is 14.7 Å². The molecule has 1 saturated heterocycles. The molecule has 2 aromatic carbocycles. The number of ether oxygens (including phenoxy) is 2. The Bertz CT molecular complexity index is 1140. The number of hydrogen-bond acceptors (Lipinski definition) is 6. The summed E-state index contributed by atoms with van der Waals surface area (Å²) in [7, 11) is 5.45.